The van der Waals surface area contributed by atoms with Crippen molar-refractivity contribution in [3.63, 3.8) is 0 Å². The first-order valence-corrected chi connectivity index (χ1v) is 6.69. The summed E-state index contributed by atoms with van der Waals surface area (Å²) >= 11 is 6.10. The molecular weight excluding hydrogens is 282 g/mol. The Morgan fingerprint density at radius 1 is 0.950 bits per heavy atom. The van der Waals surface area contributed by atoms with E-state index >= 15 is 0 Å². The van der Waals surface area contributed by atoms with E-state index < -0.39 is 11.6 Å². The van der Waals surface area contributed by atoms with Crippen molar-refractivity contribution in [3.8, 4) is 16.9 Å². The summed E-state index contributed by atoms with van der Waals surface area (Å²) in [6, 6.07) is 6.67. The summed E-state index contributed by atoms with van der Waals surface area (Å²) in [4.78, 5) is 0. The third-order valence-electron chi connectivity index (χ3n) is 2.66. The summed E-state index contributed by atoms with van der Waals surface area (Å²) in [5, 5.41) is 0.429. The van der Waals surface area contributed by atoms with Gasteiger partial charge in [-0.2, -0.15) is 0 Å². The Kier molecular flexibility index (Phi) is 5.96. The fourth-order valence-corrected chi connectivity index (χ4v) is 2.13. The topological polar surface area (TPSA) is 9.23 Å². The first-order valence-electron chi connectivity index (χ1n) is 6.32. The van der Waals surface area contributed by atoms with E-state index in [1.54, 1.807) is 12.1 Å². The second-order valence-corrected chi connectivity index (χ2v) is 4.37. The van der Waals surface area contributed by atoms with Gasteiger partial charge in [-0.15, -0.1) is 0 Å². The molecule has 2 aromatic carbocycles. The molecule has 0 aliphatic heterocycles. The molecule has 0 aromatic heterocycles. The third-order valence-corrected chi connectivity index (χ3v) is 2.97. The van der Waals surface area contributed by atoms with Crippen molar-refractivity contribution < 1.29 is 13.5 Å². The Bertz CT molecular complexity index is 577. The molecule has 108 valence electrons. The minimum Gasteiger partial charge on any atom is -0.496 e. The number of ether oxygens (including phenoxy) is 1. The monoisotopic (exact) mass is 298 g/mol. The molecule has 2 rings (SSSR count). The van der Waals surface area contributed by atoms with E-state index in [-0.39, 0.29) is 0 Å². The molecule has 0 aliphatic rings. The zero-order chi connectivity index (χ0) is 15.3. The number of hydrogen-bond donors (Lipinski definition) is 0. The molecule has 0 fully saturated rings. The van der Waals surface area contributed by atoms with Gasteiger partial charge in [-0.3, -0.25) is 0 Å². The normalized spacial score (nSPS) is 9.75. The van der Waals surface area contributed by atoms with E-state index in [1.807, 2.05) is 20.8 Å². The number of aryl methyl sites for hydroxylation is 1. The van der Waals surface area contributed by atoms with Crippen LogP contribution in [0.3, 0.4) is 0 Å². The highest BCUT2D eigenvalue weighted by Crippen LogP contribution is 2.34. The summed E-state index contributed by atoms with van der Waals surface area (Å²) in [5.74, 6) is -0.653. The van der Waals surface area contributed by atoms with Gasteiger partial charge in [0.1, 0.15) is 17.4 Å². The fourth-order valence-electron chi connectivity index (χ4n) is 1.80. The quantitative estimate of drug-likeness (QED) is 0.698. The van der Waals surface area contributed by atoms with Crippen LogP contribution in [0.2, 0.25) is 5.02 Å². The Hall–Kier alpha value is -1.61. The maximum absolute atomic E-state index is 13.2. The molecule has 20 heavy (non-hydrogen) atoms. The van der Waals surface area contributed by atoms with Crippen molar-refractivity contribution in [1.82, 2.24) is 0 Å². The van der Waals surface area contributed by atoms with E-state index in [0.29, 0.717) is 21.9 Å². The van der Waals surface area contributed by atoms with E-state index in [0.717, 1.165) is 11.6 Å². The van der Waals surface area contributed by atoms with Gasteiger partial charge in [-0.25, -0.2) is 8.78 Å². The first-order chi connectivity index (χ1) is 9.51. The maximum Gasteiger partial charge on any atom is 0.126 e. The number of methoxy groups -OCH3 is 1. The van der Waals surface area contributed by atoms with E-state index in [4.69, 9.17) is 16.3 Å². The predicted octanol–water partition coefficient (Wildman–Crippen LogP) is 5.63. The second kappa shape index (κ2) is 7.25. The summed E-state index contributed by atoms with van der Waals surface area (Å²) < 4.78 is 31.6. The van der Waals surface area contributed by atoms with Crippen LogP contribution in [0.25, 0.3) is 11.1 Å². The summed E-state index contributed by atoms with van der Waals surface area (Å²) in [6.45, 7) is 5.85. The van der Waals surface area contributed by atoms with E-state index in [2.05, 4.69) is 0 Å². The summed E-state index contributed by atoms with van der Waals surface area (Å²) in [6.07, 6.45) is 0. The lowest BCUT2D eigenvalue weighted by atomic mass is 10.0. The van der Waals surface area contributed by atoms with Crippen LogP contribution in [0.15, 0.2) is 30.3 Å². The Labute approximate surface area is 123 Å². The van der Waals surface area contributed by atoms with Crippen LogP contribution in [-0.4, -0.2) is 7.11 Å². The fraction of sp³-hybridized carbons (Fsp3) is 0.250. The first kappa shape index (κ1) is 16.4. The van der Waals surface area contributed by atoms with Gasteiger partial charge in [0.25, 0.3) is 0 Å². The summed E-state index contributed by atoms with van der Waals surface area (Å²) in [7, 11) is 1.53. The molecule has 4 heteroatoms. The number of hydrogen-bond acceptors (Lipinski definition) is 1. The lowest BCUT2D eigenvalue weighted by Gasteiger charge is -2.10. The molecule has 0 spiro atoms. The van der Waals surface area contributed by atoms with Crippen molar-refractivity contribution in [2.24, 2.45) is 0 Å². The zero-order valence-electron chi connectivity index (χ0n) is 11.9. The zero-order valence-corrected chi connectivity index (χ0v) is 12.7. The Morgan fingerprint density at radius 3 is 2.00 bits per heavy atom. The Morgan fingerprint density at radius 2 is 1.50 bits per heavy atom. The van der Waals surface area contributed by atoms with Crippen LogP contribution < -0.4 is 4.74 Å². The van der Waals surface area contributed by atoms with Crippen molar-refractivity contribution >= 4 is 11.6 Å². The van der Waals surface area contributed by atoms with Crippen LogP contribution in [-0.2, 0) is 0 Å². The molecule has 0 atom stereocenters. The molecule has 2 aromatic rings. The molecule has 0 heterocycles. The van der Waals surface area contributed by atoms with Crippen molar-refractivity contribution in [2.45, 2.75) is 20.8 Å². The van der Waals surface area contributed by atoms with Gasteiger partial charge in [0.2, 0.25) is 0 Å². The Balaban J connectivity index is 0.000000956. The molecule has 0 radical (unpaired) electrons. The van der Waals surface area contributed by atoms with Gasteiger partial charge in [0.15, 0.2) is 0 Å². The molecule has 0 bridgehead atoms. The van der Waals surface area contributed by atoms with E-state index in [1.165, 1.54) is 19.2 Å². The lowest BCUT2D eigenvalue weighted by molar-refractivity contribution is 0.412. The standard InChI is InChI=1S/C14H11ClF2O.C2H6/c1-8-3-13(15)12(7-14(8)18-2)9-4-10(16)6-11(17)5-9;1-2/h3-7H,1-2H3;1-2H3. The van der Waals surface area contributed by atoms with Gasteiger partial charge >= 0.3 is 0 Å². The van der Waals surface area contributed by atoms with Gasteiger partial charge < -0.3 is 4.74 Å². The smallest absolute Gasteiger partial charge is 0.126 e. The van der Waals surface area contributed by atoms with Crippen LogP contribution >= 0.6 is 11.6 Å². The minimum atomic E-state index is -0.638. The van der Waals surface area contributed by atoms with Crippen LogP contribution in [0.5, 0.6) is 5.75 Å². The molecule has 1 nitrogen and oxygen atoms in total. The third kappa shape index (κ3) is 3.70. The number of halogens is 3. The SMILES string of the molecule is CC.COc1cc(-c2cc(F)cc(F)c2)c(Cl)cc1C. The van der Waals surface area contributed by atoms with Crippen molar-refractivity contribution in [2.75, 3.05) is 7.11 Å². The largest absolute Gasteiger partial charge is 0.496 e. The van der Waals surface area contributed by atoms with E-state index in [9.17, 15) is 8.78 Å². The second-order valence-electron chi connectivity index (χ2n) is 3.96. The predicted molar refractivity (Wildman–Crippen MR) is 79.4 cm³/mol. The minimum absolute atomic E-state index is 0.385. The van der Waals surface area contributed by atoms with Gasteiger partial charge in [-0.1, -0.05) is 25.4 Å². The van der Waals surface area contributed by atoms with Crippen molar-refractivity contribution in [3.05, 3.63) is 52.6 Å². The van der Waals surface area contributed by atoms with Crippen molar-refractivity contribution in [1.29, 1.82) is 0 Å². The van der Waals surface area contributed by atoms with Crippen LogP contribution in [0.4, 0.5) is 8.78 Å². The highest BCUT2D eigenvalue weighted by atomic mass is 35.5. The average Bonchev–Trinajstić information content (AvgIpc) is 2.40. The van der Waals surface area contributed by atoms with Gasteiger partial charge in [-0.05, 0) is 42.3 Å². The molecular formula is C16H17ClF2O. The maximum atomic E-state index is 13.2. The molecule has 0 N–H and O–H groups in total. The number of rotatable bonds is 2. The molecule has 0 aliphatic carbocycles. The van der Waals surface area contributed by atoms with Gasteiger partial charge in [0.05, 0.1) is 7.11 Å². The lowest BCUT2D eigenvalue weighted by Crippen LogP contribution is -1.91. The average molecular weight is 299 g/mol. The molecule has 0 saturated carbocycles. The highest BCUT2D eigenvalue weighted by molar-refractivity contribution is 6.33. The molecule has 0 saturated heterocycles. The van der Waals surface area contributed by atoms with Crippen LogP contribution in [0, 0.1) is 18.6 Å². The summed E-state index contributed by atoms with van der Waals surface area (Å²) in [5.41, 5.74) is 1.79. The highest BCUT2D eigenvalue weighted by Gasteiger charge is 2.10. The van der Waals surface area contributed by atoms with Crippen LogP contribution in [0.1, 0.15) is 19.4 Å². The molecule has 0 amide bonds. The molecule has 0 unspecified atom stereocenters. The van der Waals surface area contributed by atoms with Gasteiger partial charge in [0, 0.05) is 16.7 Å². The number of benzene rings is 2.